The van der Waals surface area contributed by atoms with E-state index in [-0.39, 0.29) is 22.2 Å². The molecule has 0 spiro atoms. The fraction of sp³-hybridized carbons (Fsp3) is 0.0625. The standard InChI is InChI=1S/C16H12FN3O5S/c1-18-15(25-12-8-4-5-9-13(12)26-20(23)24)14(21)19(16(18)22)11-7-3-2-6-10(11)17/h2-9,21H,1H3. The fourth-order valence-corrected chi connectivity index (χ4v) is 2.83. The van der Waals surface area contributed by atoms with Gasteiger partial charge >= 0.3 is 5.69 Å². The van der Waals surface area contributed by atoms with Crippen LogP contribution in [0.4, 0.5) is 4.39 Å². The summed E-state index contributed by atoms with van der Waals surface area (Å²) in [4.78, 5) is 23.4. The smallest absolute Gasteiger partial charge is 0.338 e. The first kappa shape index (κ1) is 17.5. The molecule has 3 aromatic rings. The number of imidazole rings is 1. The minimum atomic E-state index is -0.734. The number of aromatic nitrogens is 2. The number of ether oxygens (including phenoxy) is 1. The van der Waals surface area contributed by atoms with E-state index in [2.05, 4.69) is 0 Å². The topological polar surface area (TPSA) is 99.5 Å². The molecular weight excluding hydrogens is 365 g/mol. The molecule has 0 bridgehead atoms. The summed E-state index contributed by atoms with van der Waals surface area (Å²) >= 11 is 0.327. The summed E-state index contributed by atoms with van der Waals surface area (Å²) in [6, 6.07) is 11.5. The van der Waals surface area contributed by atoms with Crippen molar-refractivity contribution in [3.8, 4) is 23.2 Å². The fourth-order valence-electron chi connectivity index (χ4n) is 2.33. The van der Waals surface area contributed by atoms with Crippen molar-refractivity contribution in [3.63, 3.8) is 0 Å². The molecule has 0 saturated carbocycles. The SMILES string of the molecule is Cn1c(Oc2ccccc2S[N+](=O)[O-])c(O)n(-c2ccccc2F)c1=O. The highest BCUT2D eigenvalue weighted by Crippen LogP contribution is 2.36. The average Bonchev–Trinajstić information content (AvgIpc) is 2.80. The second-order valence-corrected chi connectivity index (χ2v) is 6.04. The van der Waals surface area contributed by atoms with E-state index in [0.717, 1.165) is 15.2 Å². The second kappa shape index (κ2) is 6.92. The Bertz CT molecular complexity index is 1050. The molecule has 10 heteroatoms. The van der Waals surface area contributed by atoms with Gasteiger partial charge in [-0.2, -0.15) is 0 Å². The molecule has 134 valence electrons. The van der Waals surface area contributed by atoms with Crippen LogP contribution < -0.4 is 10.4 Å². The van der Waals surface area contributed by atoms with Crippen molar-refractivity contribution in [2.45, 2.75) is 4.90 Å². The maximum atomic E-state index is 14.0. The van der Waals surface area contributed by atoms with E-state index >= 15 is 0 Å². The molecule has 1 heterocycles. The molecule has 0 fully saturated rings. The Kier molecular flexibility index (Phi) is 4.67. The van der Waals surface area contributed by atoms with Gasteiger partial charge in [0.2, 0.25) is 0 Å². The Balaban J connectivity index is 2.09. The lowest BCUT2D eigenvalue weighted by atomic mass is 10.3. The van der Waals surface area contributed by atoms with Crippen LogP contribution in [0, 0.1) is 15.9 Å². The van der Waals surface area contributed by atoms with Crippen LogP contribution >= 0.6 is 11.9 Å². The molecule has 0 unspecified atom stereocenters. The second-order valence-electron chi connectivity index (χ2n) is 5.12. The lowest BCUT2D eigenvalue weighted by Crippen LogP contribution is -2.21. The van der Waals surface area contributed by atoms with Gasteiger partial charge in [0.25, 0.3) is 23.7 Å². The van der Waals surface area contributed by atoms with Gasteiger partial charge in [0.15, 0.2) is 0 Å². The van der Waals surface area contributed by atoms with Crippen LogP contribution in [0.1, 0.15) is 0 Å². The van der Waals surface area contributed by atoms with Crippen molar-refractivity contribution >= 4 is 11.9 Å². The van der Waals surface area contributed by atoms with Crippen LogP contribution in [-0.4, -0.2) is 18.6 Å². The third kappa shape index (κ3) is 3.14. The first-order valence-electron chi connectivity index (χ1n) is 7.25. The molecule has 0 amide bonds. The third-order valence-electron chi connectivity index (χ3n) is 3.51. The Morgan fingerprint density at radius 1 is 1.19 bits per heavy atom. The number of benzene rings is 2. The molecule has 2 aromatic carbocycles. The van der Waals surface area contributed by atoms with Crippen LogP contribution in [0.25, 0.3) is 5.69 Å². The van der Waals surface area contributed by atoms with E-state index in [4.69, 9.17) is 4.74 Å². The molecule has 1 aromatic heterocycles. The number of hydrogen-bond donors (Lipinski definition) is 1. The molecule has 0 saturated heterocycles. The number of nitro groups is 1. The van der Waals surface area contributed by atoms with E-state index in [9.17, 15) is 24.4 Å². The van der Waals surface area contributed by atoms with Crippen molar-refractivity contribution < 1.29 is 18.6 Å². The Labute approximate surface area is 150 Å². The normalized spacial score (nSPS) is 10.7. The molecule has 0 aliphatic carbocycles. The summed E-state index contributed by atoms with van der Waals surface area (Å²) in [6.45, 7) is 0. The van der Waals surface area contributed by atoms with Crippen molar-refractivity contribution in [2.75, 3.05) is 0 Å². The zero-order valence-electron chi connectivity index (χ0n) is 13.3. The van der Waals surface area contributed by atoms with Gasteiger partial charge in [0, 0.05) is 7.05 Å². The molecule has 1 N–H and O–H groups in total. The van der Waals surface area contributed by atoms with Crippen molar-refractivity contribution in [2.24, 2.45) is 7.05 Å². The summed E-state index contributed by atoms with van der Waals surface area (Å²) in [5.74, 6) is -1.52. The highest BCUT2D eigenvalue weighted by atomic mass is 32.2. The zero-order valence-corrected chi connectivity index (χ0v) is 14.1. The van der Waals surface area contributed by atoms with Crippen LogP contribution in [0.2, 0.25) is 0 Å². The van der Waals surface area contributed by atoms with Crippen molar-refractivity contribution in [1.29, 1.82) is 0 Å². The van der Waals surface area contributed by atoms with Crippen molar-refractivity contribution in [3.05, 3.63) is 74.9 Å². The molecule has 0 radical (unpaired) electrons. The van der Waals surface area contributed by atoms with Gasteiger partial charge in [-0.05, 0) is 24.3 Å². The maximum absolute atomic E-state index is 14.0. The Morgan fingerprint density at radius 2 is 1.85 bits per heavy atom. The van der Waals surface area contributed by atoms with Crippen LogP contribution in [0.5, 0.6) is 17.5 Å². The van der Waals surface area contributed by atoms with E-state index in [1.165, 1.54) is 37.4 Å². The summed E-state index contributed by atoms with van der Waals surface area (Å²) in [5, 5.41) is 21.2. The van der Waals surface area contributed by atoms with E-state index in [1.807, 2.05) is 0 Å². The summed E-state index contributed by atoms with van der Waals surface area (Å²) in [6.07, 6.45) is 0. The summed E-state index contributed by atoms with van der Waals surface area (Å²) < 4.78 is 20.7. The average molecular weight is 377 g/mol. The molecule has 3 rings (SSSR count). The number of aromatic hydroxyl groups is 1. The number of hydrogen-bond acceptors (Lipinski definition) is 6. The summed E-state index contributed by atoms with van der Waals surface area (Å²) in [5.41, 5.74) is -0.879. The largest absolute Gasteiger partial charge is 0.490 e. The van der Waals surface area contributed by atoms with Gasteiger partial charge in [-0.15, -0.1) is 0 Å². The minimum Gasteiger partial charge on any atom is -0.490 e. The molecule has 26 heavy (non-hydrogen) atoms. The highest BCUT2D eigenvalue weighted by molar-refractivity contribution is 7.93. The quantitative estimate of drug-likeness (QED) is 0.417. The maximum Gasteiger partial charge on any atom is 0.338 e. The van der Waals surface area contributed by atoms with E-state index in [0.29, 0.717) is 11.9 Å². The van der Waals surface area contributed by atoms with Crippen molar-refractivity contribution in [1.82, 2.24) is 9.13 Å². The van der Waals surface area contributed by atoms with Gasteiger partial charge in [0.1, 0.15) is 20.8 Å². The van der Waals surface area contributed by atoms with Gasteiger partial charge in [-0.25, -0.2) is 13.8 Å². The first-order valence-corrected chi connectivity index (χ1v) is 8.02. The Hall–Kier alpha value is -3.27. The lowest BCUT2D eigenvalue weighted by Gasteiger charge is -2.08. The molecule has 8 nitrogen and oxygen atoms in total. The van der Waals surface area contributed by atoms with Gasteiger partial charge in [-0.3, -0.25) is 14.7 Å². The van der Waals surface area contributed by atoms with Gasteiger partial charge in [0.05, 0.1) is 5.69 Å². The predicted octanol–water partition coefficient (Wildman–Crippen LogP) is 3.10. The van der Waals surface area contributed by atoms with E-state index in [1.54, 1.807) is 12.1 Å². The van der Waals surface area contributed by atoms with Gasteiger partial charge < -0.3 is 9.84 Å². The highest BCUT2D eigenvalue weighted by Gasteiger charge is 2.24. The lowest BCUT2D eigenvalue weighted by molar-refractivity contribution is -0.284. The van der Waals surface area contributed by atoms with Gasteiger partial charge in [-0.1, -0.05) is 24.3 Å². The monoisotopic (exact) mass is 377 g/mol. The van der Waals surface area contributed by atoms with Crippen LogP contribution in [0.15, 0.2) is 58.2 Å². The first-order chi connectivity index (χ1) is 12.4. The van der Waals surface area contributed by atoms with Crippen LogP contribution in [0.3, 0.4) is 0 Å². The number of para-hydroxylation sites is 2. The number of rotatable bonds is 5. The number of halogens is 1. The predicted molar refractivity (Wildman–Crippen MR) is 92.0 cm³/mol. The third-order valence-corrected chi connectivity index (χ3v) is 4.19. The molecule has 0 aliphatic heterocycles. The zero-order chi connectivity index (χ0) is 18.8. The molecule has 0 atom stereocenters. The summed E-state index contributed by atoms with van der Waals surface area (Å²) in [7, 11) is 1.33. The van der Waals surface area contributed by atoms with E-state index < -0.39 is 21.7 Å². The van der Waals surface area contributed by atoms with Crippen LogP contribution in [-0.2, 0) is 7.05 Å². The number of nitrogens with zero attached hydrogens (tertiary/aromatic N) is 3. The minimum absolute atomic E-state index is 0.0748. The molecule has 0 aliphatic rings. The Morgan fingerprint density at radius 3 is 2.54 bits per heavy atom. The molecular formula is C16H12FN3O5S.